The third-order valence-electron chi connectivity index (χ3n) is 2.21. The highest BCUT2D eigenvalue weighted by atomic mass is 32.3. The van der Waals surface area contributed by atoms with Gasteiger partial charge in [-0.25, -0.2) is 0 Å². The van der Waals surface area contributed by atoms with E-state index in [1.807, 2.05) is 12.1 Å². The lowest BCUT2D eigenvalue weighted by atomic mass is 10.2. The average Bonchev–Trinajstić information content (AvgIpc) is 2.78. The SMILES string of the molecule is COc1ccc(-c2ccc(S(=O)(=O)O)s2)cc1. The van der Waals surface area contributed by atoms with E-state index in [-0.39, 0.29) is 4.21 Å². The van der Waals surface area contributed by atoms with E-state index in [1.54, 1.807) is 25.3 Å². The number of benzene rings is 1. The topological polar surface area (TPSA) is 63.6 Å². The highest BCUT2D eigenvalue weighted by Gasteiger charge is 2.13. The monoisotopic (exact) mass is 270 g/mol. The smallest absolute Gasteiger partial charge is 0.304 e. The van der Waals surface area contributed by atoms with Crippen molar-refractivity contribution in [2.45, 2.75) is 4.21 Å². The molecule has 0 saturated heterocycles. The molecular formula is C11H10O4S2. The highest BCUT2D eigenvalue weighted by Crippen LogP contribution is 2.31. The van der Waals surface area contributed by atoms with Gasteiger partial charge in [0, 0.05) is 4.88 Å². The summed E-state index contributed by atoms with van der Waals surface area (Å²) in [7, 11) is -2.53. The number of ether oxygens (including phenoxy) is 1. The van der Waals surface area contributed by atoms with E-state index in [1.165, 1.54) is 6.07 Å². The lowest BCUT2D eigenvalue weighted by molar-refractivity contribution is 0.415. The molecule has 1 aromatic carbocycles. The lowest BCUT2D eigenvalue weighted by Gasteiger charge is -2.00. The van der Waals surface area contributed by atoms with Crippen LogP contribution in [-0.2, 0) is 10.1 Å². The second-order valence-corrected chi connectivity index (χ2v) is 6.05. The van der Waals surface area contributed by atoms with Crippen LogP contribution in [0.1, 0.15) is 0 Å². The van der Waals surface area contributed by atoms with Gasteiger partial charge in [-0.05, 0) is 42.0 Å². The molecule has 0 aliphatic rings. The predicted molar refractivity (Wildman–Crippen MR) is 66.1 cm³/mol. The van der Waals surface area contributed by atoms with Crippen LogP contribution in [0.3, 0.4) is 0 Å². The first-order valence-electron chi connectivity index (χ1n) is 4.72. The van der Waals surface area contributed by atoms with Gasteiger partial charge in [0.2, 0.25) is 0 Å². The summed E-state index contributed by atoms with van der Waals surface area (Å²) in [5, 5.41) is 0. The summed E-state index contributed by atoms with van der Waals surface area (Å²) in [5.41, 5.74) is 0.880. The van der Waals surface area contributed by atoms with E-state index >= 15 is 0 Å². The summed E-state index contributed by atoms with van der Waals surface area (Å²) in [6.45, 7) is 0. The largest absolute Gasteiger partial charge is 0.497 e. The van der Waals surface area contributed by atoms with Gasteiger partial charge in [-0.2, -0.15) is 8.42 Å². The first kappa shape index (κ1) is 12.1. The molecule has 0 amide bonds. The molecule has 0 aliphatic heterocycles. The minimum Gasteiger partial charge on any atom is -0.497 e. The molecule has 4 nitrogen and oxygen atoms in total. The standard InChI is InChI=1S/C11H10O4S2/c1-15-9-4-2-8(3-5-9)10-6-7-11(16-10)17(12,13)14/h2-7H,1H3,(H,12,13,14). The summed E-state index contributed by atoms with van der Waals surface area (Å²) < 4.78 is 35.7. The van der Waals surface area contributed by atoms with Crippen LogP contribution < -0.4 is 4.74 Å². The minimum absolute atomic E-state index is 0.0525. The Hall–Kier alpha value is -1.37. The summed E-state index contributed by atoms with van der Waals surface area (Å²) in [6, 6.07) is 10.3. The Morgan fingerprint density at radius 3 is 2.24 bits per heavy atom. The number of methoxy groups -OCH3 is 1. The quantitative estimate of drug-likeness (QED) is 0.871. The van der Waals surface area contributed by atoms with Gasteiger partial charge in [-0.15, -0.1) is 11.3 Å². The number of hydrogen-bond donors (Lipinski definition) is 1. The second kappa shape index (κ2) is 4.48. The van der Waals surface area contributed by atoms with Crippen LogP contribution in [0.25, 0.3) is 10.4 Å². The van der Waals surface area contributed by atoms with Crippen LogP contribution in [0.4, 0.5) is 0 Å². The number of rotatable bonds is 3. The molecule has 0 unspecified atom stereocenters. The van der Waals surface area contributed by atoms with E-state index < -0.39 is 10.1 Å². The first-order valence-corrected chi connectivity index (χ1v) is 6.98. The molecule has 2 rings (SSSR count). The molecule has 0 fully saturated rings. The Balaban J connectivity index is 2.37. The fraction of sp³-hybridized carbons (Fsp3) is 0.0909. The molecule has 0 spiro atoms. The number of thiophene rings is 1. The predicted octanol–water partition coefficient (Wildman–Crippen LogP) is 2.67. The molecule has 17 heavy (non-hydrogen) atoms. The van der Waals surface area contributed by atoms with Crippen molar-refractivity contribution >= 4 is 21.5 Å². The fourth-order valence-electron chi connectivity index (χ4n) is 1.37. The van der Waals surface area contributed by atoms with Crippen molar-refractivity contribution in [1.82, 2.24) is 0 Å². The third-order valence-corrected chi connectivity index (χ3v) is 4.67. The van der Waals surface area contributed by atoms with Crippen LogP contribution in [-0.4, -0.2) is 20.1 Å². The van der Waals surface area contributed by atoms with Gasteiger partial charge in [0.15, 0.2) is 0 Å². The Morgan fingerprint density at radius 2 is 1.76 bits per heavy atom. The van der Waals surface area contributed by atoms with Gasteiger partial charge < -0.3 is 4.74 Å². The van der Waals surface area contributed by atoms with Crippen molar-refractivity contribution < 1.29 is 17.7 Å². The molecule has 1 N–H and O–H groups in total. The molecule has 0 atom stereocenters. The average molecular weight is 270 g/mol. The van der Waals surface area contributed by atoms with Crippen molar-refractivity contribution in [2.75, 3.05) is 7.11 Å². The zero-order valence-electron chi connectivity index (χ0n) is 8.95. The highest BCUT2D eigenvalue weighted by molar-refractivity contribution is 7.88. The Labute approximate surface area is 103 Å². The molecule has 0 saturated carbocycles. The molecule has 0 bridgehead atoms. The van der Waals surface area contributed by atoms with Gasteiger partial charge in [-0.1, -0.05) is 0 Å². The van der Waals surface area contributed by atoms with Crippen LogP contribution in [0.15, 0.2) is 40.6 Å². The number of hydrogen-bond acceptors (Lipinski definition) is 4. The van der Waals surface area contributed by atoms with Crippen LogP contribution in [0.2, 0.25) is 0 Å². The molecular weight excluding hydrogens is 260 g/mol. The van der Waals surface area contributed by atoms with Gasteiger partial charge >= 0.3 is 10.1 Å². The maximum Gasteiger partial charge on any atom is 0.304 e. The van der Waals surface area contributed by atoms with Crippen molar-refractivity contribution in [3.8, 4) is 16.2 Å². The van der Waals surface area contributed by atoms with Gasteiger partial charge in [0.05, 0.1) is 7.11 Å². The third kappa shape index (κ3) is 2.66. The molecule has 1 heterocycles. The van der Waals surface area contributed by atoms with E-state index in [0.29, 0.717) is 0 Å². The lowest BCUT2D eigenvalue weighted by Crippen LogP contribution is -1.92. The van der Waals surface area contributed by atoms with Crippen LogP contribution in [0, 0.1) is 0 Å². The summed E-state index contributed by atoms with van der Waals surface area (Å²) in [6.07, 6.45) is 0. The van der Waals surface area contributed by atoms with Crippen molar-refractivity contribution in [1.29, 1.82) is 0 Å². The van der Waals surface area contributed by atoms with Gasteiger partial charge in [0.25, 0.3) is 0 Å². The van der Waals surface area contributed by atoms with E-state index in [9.17, 15) is 8.42 Å². The second-order valence-electron chi connectivity index (χ2n) is 3.32. The molecule has 0 radical (unpaired) electrons. The maximum atomic E-state index is 10.9. The Kier molecular flexibility index (Phi) is 3.19. The zero-order valence-corrected chi connectivity index (χ0v) is 10.6. The summed E-state index contributed by atoms with van der Waals surface area (Å²) in [5.74, 6) is 0.736. The van der Waals surface area contributed by atoms with Crippen molar-refractivity contribution in [3.63, 3.8) is 0 Å². The first-order chi connectivity index (χ1) is 8.00. The van der Waals surface area contributed by atoms with Gasteiger partial charge in [0.1, 0.15) is 9.96 Å². The zero-order chi connectivity index (χ0) is 12.5. The molecule has 90 valence electrons. The van der Waals surface area contributed by atoms with Crippen LogP contribution >= 0.6 is 11.3 Å². The molecule has 2 aromatic rings. The van der Waals surface area contributed by atoms with Crippen LogP contribution in [0.5, 0.6) is 5.75 Å². The molecule has 0 aliphatic carbocycles. The van der Waals surface area contributed by atoms with E-state index in [2.05, 4.69) is 0 Å². The Bertz CT molecular complexity index is 611. The Morgan fingerprint density at radius 1 is 1.12 bits per heavy atom. The normalized spacial score (nSPS) is 11.4. The van der Waals surface area contributed by atoms with Crippen molar-refractivity contribution in [3.05, 3.63) is 36.4 Å². The molecule has 6 heteroatoms. The molecule has 1 aromatic heterocycles. The maximum absolute atomic E-state index is 10.9. The van der Waals surface area contributed by atoms with Crippen molar-refractivity contribution in [2.24, 2.45) is 0 Å². The summed E-state index contributed by atoms with van der Waals surface area (Å²) >= 11 is 1.03. The van der Waals surface area contributed by atoms with E-state index in [4.69, 9.17) is 9.29 Å². The van der Waals surface area contributed by atoms with Gasteiger partial charge in [-0.3, -0.25) is 4.55 Å². The van der Waals surface area contributed by atoms with E-state index in [0.717, 1.165) is 27.5 Å². The minimum atomic E-state index is -4.11. The summed E-state index contributed by atoms with van der Waals surface area (Å²) in [4.78, 5) is 0.778. The fourth-order valence-corrected chi connectivity index (χ4v) is 3.04.